The Balaban J connectivity index is 2.64. The fraction of sp³-hybridized carbons (Fsp3) is 0.800. The quantitative estimate of drug-likeness (QED) is 0.638. The lowest BCUT2D eigenvalue weighted by atomic mass is 9.82. The minimum atomic E-state index is -0.559. The summed E-state index contributed by atoms with van der Waals surface area (Å²) < 4.78 is 10.3. The highest BCUT2D eigenvalue weighted by atomic mass is 16.6. The normalized spacial score (nSPS) is 25.8. The van der Waals surface area contributed by atoms with Crippen LogP contribution in [0.1, 0.15) is 47.0 Å². The van der Waals surface area contributed by atoms with Gasteiger partial charge in [0.1, 0.15) is 5.60 Å². The highest BCUT2D eigenvalue weighted by Gasteiger charge is 2.35. The van der Waals surface area contributed by atoms with E-state index in [9.17, 15) is 9.59 Å². The number of carbonyl (C=O) groups is 2. The topological polar surface area (TPSA) is 77.0 Å². The molecule has 6 nitrogen and oxygen atoms in total. The van der Waals surface area contributed by atoms with Crippen molar-refractivity contribution in [2.24, 2.45) is 10.9 Å². The van der Waals surface area contributed by atoms with Crippen LogP contribution in [0.4, 0.5) is 4.79 Å². The van der Waals surface area contributed by atoms with E-state index in [0.29, 0.717) is 25.9 Å². The van der Waals surface area contributed by atoms with E-state index >= 15 is 0 Å². The Labute approximate surface area is 126 Å². The van der Waals surface area contributed by atoms with Crippen molar-refractivity contribution in [3.8, 4) is 0 Å². The summed E-state index contributed by atoms with van der Waals surface area (Å²) in [6.07, 6.45) is 1.41. The first kappa shape index (κ1) is 17.5. The summed E-state index contributed by atoms with van der Waals surface area (Å²) in [6.45, 7) is 11.1. The molecular weight excluding hydrogens is 272 g/mol. The van der Waals surface area contributed by atoms with E-state index in [1.165, 1.54) is 0 Å². The van der Waals surface area contributed by atoms with Crippen LogP contribution in [0.15, 0.2) is 4.99 Å². The van der Waals surface area contributed by atoms with Crippen molar-refractivity contribution in [1.82, 2.24) is 5.32 Å². The molecule has 0 unspecified atom stereocenters. The van der Waals surface area contributed by atoms with Crippen LogP contribution in [-0.4, -0.2) is 43.1 Å². The van der Waals surface area contributed by atoms with Crippen molar-refractivity contribution >= 4 is 18.8 Å². The van der Waals surface area contributed by atoms with Gasteiger partial charge in [-0.05, 0) is 53.7 Å². The average Bonchev–Trinajstić information content (AvgIpc) is 2.36. The average molecular weight is 298 g/mol. The van der Waals surface area contributed by atoms with Gasteiger partial charge in [0, 0.05) is 0 Å². The smallest absolute Gasteiger partial charge is 0.407 e. The molecule has 6 heteroatoms. The molecule has 1 amide bonds. The van der Waals surface area contributed by atoms with E-state index in [1.54, 1.807) is 27.7 Å². The van der Waals surface area contributed by atoms with Crippen LogP contribution < -0.4 is 5.32 Å². The molecule has 0 aliphatic heterocycles. The van der Waals surface area contributed by atoms with Gasteiger partial charge in [0.05, 0.1) is 24.6 Å². The third-order valence-electron chi connectivity index (χ3n) is 3.37. The first-order valence-corrected chi connectivity index (χ1v) is 7.38. The Morgan fingerprint density at radius 3 is 2.52 bits per heavy atom. The Bertz CT molecular complexity index is 390. The molecule has 1 N–H and O–H groups in total. The molecule has 1 aliphatic rings. The van der Waals surface area contributed by atoms with Crippen LogP contribution in [0.5, 0.6) is 0 Å². The van der Waals surface area contributed by atoms with Gasteiger partial charge in [0.25, 0.3) is 0 Å². The van der Waals surface area contributed by atoms with E-state index in [1.807, 2.05) is 0 Å². The minimum absolute atomic E-state index is 0.0943. The Morgan fingerprint density at radius 2 is 2.00 bits per heavy atom. The molecular formula is C15H26N2O4. The number of aliphatic imine (C=N–C) groups is 1. The number of ether oxygens (including phenoxy) is 2. The van der Waals surface area contributed by atoms with Gasteiger partial charge in [0.2, 0.25) is 0 Å². The molecule has 3 atom stereocenters. The number of carbonyl (C=O) groups excluding carboxylic acids is 2. The van der Waals surface area contributed by atoms with Crippen molar-refractivity contribution in [3.63, 3.8) is 0 Å². The summed E-state index contributed by atoms with van der Waals surface area (Å²) in [5, 5.41) is 2.80. The summed E-state index contributed by atoms with van der Waals surface area (Å²) in [6, 6.07) is -0.344. The molecule has 0 aromatic carbocycles. The zero-order valence-electron chi connectivity index (χ0n) is 13.3. The van der Waals surface area contributed by atoms with Gasteiger partial charge in [-0.15, -0.1) is 0 Å². The Kier molecular flexibility index (Phi) is 6.18. The second-order valence-corrected chi connectivity index (χ2v) is 6.26. The summed E-state index contributed by atoms with van der Waals surface area (Å²) in [5.41, 5.74) is -0.559. The first-order chi connectivity index (χ1) is 9.76. The lowest BCUT2D eigenvalue weighted by Gasteiger charge is -2.33. The lowest BCUT2D eigenvalue weighted by Crippen LogP contribution is -2.49. The van der Waals surface area contributed by atoms with E-state index in [0.717, 1.165) is 0 Å². The number of hydrogen-bond donors (Lipinski definition) is 1. The Hall–Kier alpha value is -1.59. The number of rotatable bonds is 4. The van der Waals surface area contributed by atoms with Gasteiger partial charge >= 0.3 is 12.1 Å². The zero-order valence-corrected chi connectivity index (χ0v) is 13.3. The molecule has 0 aromatic rings. The number of hydrogen-bond acceptors (Lipinski definition) is 5. The van der Waals surface area contributed by atoms with Gasteiger partial charge in [-0.2, -0.15) is 0 Å². The van der Waals surface area contributed by atoms with E-state index in [-0.39, 0.29) is 24.0 Å². The van der Waals surface area contributed by atoms with Gasteiger partial charge in [-0.1, -0.05) is 0 Å². The predicted molar refractivity (Wildman–Crippen MR) is 80.5 cm³/mol. The third kappa shape index (κ3) is 5.73. The van der Waals surface area contributed by atoms with Gasteiger partial charge < -0.3 is 14.8 Å². The molecule has 21 heavy (non-hydrogen) atoms. The summed E-state index contributed by atoms with van der Waals surface area (Å²) >= 11 is 0. The molecule has 0 aromatic heterocycles. The standard InChI is InChI=1S/C15H26N2O4/c1-6-20-13(18)10-7-8-11(16-5)12(9-10)17-14(19)21-15(2,3)4/h10-12H,5-9H2,1-4H3,(H,17,19)/t10-,11-,12+/m0/s1. The summed E-state index contributed by atoms with van der Waals surface area (Å²) in [5.74, 6) is -0.418. The van der Waals surface area contributed by atoms with Gasteiger partial charge in [0.15, 0.2) is 0 Å². The first-order valence-electron chi connectivity index (χ1n) is 7.38. The van der Waals surface area contributed by atoms with E-state index in [4.69, 9.17) is 9.47 Å². The number of nitrogens with zero attached hydrogens (tertiary/aromatic N) is 1. The van der Waals surface area contributed by atoms with Crippen molar-refractivity contribution < 1.29 is 19.1 Å². The fourth-order valence-electron chi connectivity index (χ4n) is 2.46. The third-order valence-corrected chi connectivity index (χ3v) is 3.37. The van der Waals surface area contributed by atoms with Crippen LogP contribution in [0.3, 0.4) is 0 Å². The van der Waals surface area contributed by atoms with Crippen molar-refractivity contribution in [3.05, 3.63) is 0 Å². The van der Waals surface area contributed by atoms with Crippen LogP contribution >= 0.6 is 0 Å². The number of amides is 1. The second-order valence-electron chi connectivity index (χ2n) is 6.26. The molecule has 0 radical (unpaired) electrons. The predicted octanol–water partition coefficient (Wildman–Crippen LogP) is 2.31. The molecule has 1 saturated carbocycles. The van der Waals surface area contributed by atoms with Crippen LogP contribution in [0.2, 0.25) is 0 Å². The van der Waals surface area contributed by atoms with Crippen LogP contribution in [-0.2, 0) is 14.3 Å². The largest absolute Gasteiger partial charge is 0.466 e. The monoisotopic (exact) mass is 298 g/mol. The molecule has 0 bridgehead atoms. The molecule has 0 saturated heterocycles. The van der Waals surface area contributed by atoms with Gasteiger partial charge in [-0.25, -0.2) is 4.79 Å². The number of esters is 1. The van der Waals surface area contributed by atoms with Crippen molar-refractivity contribution in [2.45, 2.75) is 64.6 Å². The van der Waals surface area contributed by atoms with Crippen molar-refractivity contribution in [1.29, 1.82) is 0 Å². The highest BCUT2D eigenvalue weighted by Crippen LogP contribution is 2.28. The van der Waals surface area contributed by atoms with Crippen LogP contribution in [0.25, 0.3) is 0 Å². The summed E-state index contributed by atoms with van der Waals surface area (Å²) in [4.78, 5) is 27.8. The second kappa shape index (κ2) is 7.43. The fourth-order valence-corrected chi connectivity index (χ4v) is 2.46. The number of nitrogens with one attached hydrogen (secondary N) is 1. The Morgan fingerprint density at radius 1 is 1.33 bits per heavy atom. The van der Waals surface area contributed by atoms with Crippen molar-refractivity contribution in [2.75, 3.05) is 6.61 Å². The van der Waals surface area contributed by atoms with Crippen LogP contribution in [0, 0.1) is 5.92 Å². The summed E-state index contributed by atoms with van der Waals surface area (Å²) in [7, 11) is 0. The SMILES string of the molecule is C=N[C@H]1CC[C@H](C(=O)OCC)C[C@H]1NC(=O)OC(C)(C)C. The highest BCUT2D eigenvalue weighted by molar-refractivity contribution is 5.73. The molecule has 0 heterocycles. The zero-order chi connectivity index (χ0) is 16.0. The minimum Gasteiger partial charge on any atom is -0.466 e. The van der Waals surface area contributed by atoms with Gasteiger partial charge in [-0.3, -0.25) is 9.79 Å². The number of alkyl carbamates (subject to hydrolysis) is 1. The van der Waals surface area contributed by atoms with E-state index in [2.05, 4.69) is 17.0 Å². The molecule has 1 aliphatic carbocycles. The molecule has 1 rings (SSSR count). The molecule has 0 spiro atoms. The maximum Gasteiger partial charge on any atom is 0.407 e. The molecule has 120 valence electrons. The lowest BCUT2D eigenvalue weighted by molar-refractivity contribution is -0.149. The maximum absolute atomic E-state index is 11.9. The van der Waals surface area contributed by atoms with E-state index < -0.39 is 11.7 Å². The molecule has 1 fully saturated rings. The maximum atomic E-state index is 11.9.